The number of ether oxygens (including phenoxy) is 2. The summed E-state index contributed by atoms with van der Waals surface area (Å²) < 4.78 is 10.4. The van der Waals surface area contributed by atoms with E-state index in [4.69, 9.17) is 9.47 Å². The second-order valence-corrected chi connectivity index (χ2v) is 7.28. The zero-order valence-electron chi connectivity index (χ0n) is 16.2. The Kier molecular flexibility index (Phi) is 5.59. The van der Waals surface area contributed by atoms with Crippen molar-refractivity contribution in [3.05, 3.63) is 23.3 Å². The number of carbonyl (C=O) groups is 3. The van der Waals surface area contributed by atoms with Crippen molar-refractivity contribution in [1.29, 1.82) is 0 Å². The van der Waals surface area contributed by atoms with Crippen molar-refractivity contribution < 1.29 is 23.9 Å². The van der Waals surface area contributed by atoms with E-state index in [0.29, 0.717) is 11.4 Å². The van der Waals surface area contributed by atoms with Crippen LogP contribution in [0.3, 0.4) is 0 Å². The maximum absolute atomic E-state index is 12.6. The fourth-order valence-corrected chi connectivity index (χ4v) is 2.65. The number of carbonyl (C=O) groups excluding carboxylic acids is 3. The van der Waals surface area contributed by atoms with Crippen molar-refractivity contribution in [1.82, 2.24) is 0 Å². The molecule has 0 aliphatic carbocycles. The SMILES string of the molecule is CCOC(=O)CN1C(=O)CN(C(=O)OC(C)(C)C)c2cc(C)c(C)cc21. The zero-order chi connectivity index (χ0) is 19.6. The Morgan fingerprint density at radius 3 is 2.23 bits per heavy atom. The molecule has 1 aromatic rings. The lowest BCUT2D eigenvalue weighted by atomic mass is 10.0. The molecule has 142 valence electrons. The van der Waals surface area contributed by atoms with Gasteiger partial charge in [-0.15, -0.1) is 0 Å². The summed E-state index contributed by atoms with van der Waals surface area (Å²) in [5.74, 6) is -0.851. The number of nitrogens with zero attached hydrogens (tertiary/aromatic N) is 2. The van der Waals surface area contributed by atoms with Crippen LogP contribution in [-0.2, 0) is 19.1 Å². The summed E-state index contributed by atoms with van der Waals surface area (Å²) >= 11 is 0. The van der Waals surface area contributed by atoms with Crippen molar-refractivity contribution >= 4 is 29.3 Å². The molecule has 0 fully saturated rings. The number of aryl methyl sites for hydroxylation is 2. The molecule has 2 rings (SSSR count). The number of esters is 1. The van der Waals surface area contributed by atoms with Gasteiger partial charge in [-0.3, -0.25) is 19.4 Å². The van der Waals surface area contributed by atoms with Crippen LogP contribution in [0, 0.1) is 13.8 Å². The fourth-order valence-electron chi connectivity index (χ4n) is 2.65. The van der Waals surface area contributed by atoms with Crippen LogP contribution in [0.25, 0.3) is 0 Å². The van der Waals surface area contributed by atoms with Crippen LogP contribution in [-0.4, -0.2) is 43.3 Å². The van der Waals surface area contributed by atoms with E-state index in [9.17, 15) is 14.4 Å². The molecular formula is C19H26N2O5. The van der Waals surface area contributed by atoms with Crippen molar-refractivity contribution in [3.63, 3.8) is 0 Å². The Balaban J connectivity index is 2.45. The summed E-state index contributed by atoms with van der Waals surface area (Å²) in [7, 11) is 0. The lowest BCUT2D eigenvalue weighted by Crippen LogP contribution is -2.51. The number of rotatable bonds is 3. The third-order valence-corrected chi connectivity index (χ3v) is 3.97. The Morgan fingerprint density at radius 2 is 1.69 bits per heavy atom. The largest absolute Gasteiger partial charge is 0.465 e. The minimum absolute atomic E-state index is 0.190. The molecule has 0 saturated heterocycles. The lowest BCUT2D eigenvalue weighted by Gasteiger charge is -2.36. The summed E-state index contributed by atoms with van der Waals surface area (Å²) in [6.07, 6.45) is -0.592. The van der Waals surface area contributed by atoms with Gasteiger partial charge in [0, 0.05) is 0 Å². The number of hydrogen-bond acceptors (Lipinski definition) is 5. The van der Waals surface area contributed by atoms with Gasteiger partial charge in [0.15, 0.2) is 0 Å². The zero-order valence-corrected chi connectivity index (χ0v) is 16.2. The van der Waals surface area contributed by atoms with Gasteiger partial charge in [0.2, 0.25) is 5.91 Å². The molecular weight excluding hydrogens is 336 g/mol. The van der Waals surface area contributed by atoms with Gasteiger partial charge >= 0.3 is 12.1 Å². The topological polar surface area (TPSA) is 76.2 Å². The summed E-state index contributed by atoms with van der Waals surface area (Å²) in [6.45, 7) is 10.7. The van der Waals surface area contributed by atoms with E-state index in [0.717, 1.165) is 11.1 Å². The molecule has 7 nitrogen and oxygen atoms in total. The highest BCUT2D eigenvalue weighted by atomic mass is 16.6. The van der Waals surface area contributed by atoms with E-state index >= 15 is 0 Å². The molecule has 0 spiro atoms. The highest BCUT2D eigenvalue weighted by molar-refractivity contribution is 6.11. The molecule has 1 aliphatic rings. The van der Waals surface area contributed by atoms with Crippen LogP contribution in [0.4, 0.5) is 16.2 Å². The number of amides is 2. The van der Waals surface area contributed by atoms with Gasteiger partial charge < -0.3 is 9.47 Å². The monoisotopic (exact) mass is 362 g/mol. The Hall–Kier alpha value is -2.57. The summed E-state index contributed by atoms with van der Waals surface area (Å²) in [5.41, 5.74) is 2.30. The van der Waals surface area contributed by atoms with Crippen LogP contribution in [0.5, 0.6) is 0 Å². The fraction of sp³-hybridized carbons (Fsp3) is 0.526. The Bertz CT molecular complexity index is 736. The molecule has 2 amide bonds. The molecule has 0 bridgehead atoms. The van der Waals surface area contributed by atoms with E-state index in [2.05, 4.69) is 0 Å². The molecule has 0 saturated carbocycles. The first-order valence-electron chi connectivity index (χ1n) is 8.61. The van der Waals surface area contributed by atoms with Crippen molar-refractivity contribution in [2.45, 2.75) is 47.1 Å². The quantitative estimate of drug-likeness (QED) is 0.773. The molecule has 0 unspecified atom stereocenters. The van der Waals surface area contributed by atoms with Gasteiger partial charge in [-0.2, -0.15) is 0 Å². The maximum Gasteiger partial charge on any atom is 0.415 e. The molecule has 1 heterocycles. The smallest absolute Gasteiger partial charge is 0.415 e. The summed E-state index contributed by atoms with van der Waals surface area (Å²) in [5, 5.41) is 0. The Labute approximate surface area is 153 Å². The number of benzene rings is 1. The molecule has 0 radical (unpaired) electrons. The van der Waals surface area contributed by atoms with E-state index in [1.165, 1.54) is 9.80 Å². The van der Waals surface area contributed by atoms with Crippen molar-refractivity contribution in [2.24, 2.45) is 0 Å². The first-order chi connectivity index (χ1) is 12.0. The highest BCUT2D eigenvalue weighted by Gasteiger charge is 2.36. The summed E-state index contributed by atoms with van der Waals surface area (Å²) in [4.78, 5) is 39.8. The molecule has 7 heteroatoms. The minimum Gasteiger partial charge on any atom is -0.465 e. The van der Waals surface area contributed by atoms with Crippen LogP contribution in [0.1, 0.15) is 38.8 Å². The number of fused-ring (bicyclic) bond motifs is 1. The van der Waals surface area contributed by atoms with Crippen molar-refractivity contribution in [2.75, 3.05) is 29.5 Å². The predicted molar refractivity (Wildman–Crippen MR) is 98.5 cm³/mol. The molecule has 0 atom stereocenters. The Morgan fingerprint density at radius 1 is 1.12 bits per heavy atom. The standard InChI is InChI=1S/C19H26N2O5/c1-7-25-17(23)11-20-14-8-12(2)13(3)9-15(14)21(10-16(20)22)18(24)26-19(4,5)6/h8-9H,7,10-11H2,1-6H3. The van der Waals surface area contributed by atoms with Crippen LogP contribution >= 0.6 is 0 Å². The van der Waals surface area contributed by atoms with Gasteiger partial charge in [0.25, 0.3) is 0 Å². The van der Waals surface area contributed by atoms with E-state index in [1.807, 2.05) is 19.9 Å². The molecule has 1 aromatic carbocycles. The number of anilines is 2. The second kappa shape index (κ2) is 7.35. The van der Waals surface area contributed by atoms with Crippen LogP contribution < -0.4 is 9.80 Å². The third kappa shape index (κ3) is 4.33. The van der Waals surface area contributed by atoms with Gasteiger partial charge in [0.1, 0.15) is 18.7 Å². The third-order valence-electron chi connectivity index (χ3n) is 3.97. The van der Waals surface area contributed by atoms with Gasteiger partial charge in [-0.25, -0.2) is 4.79 Å². The van der Waals surface area contributed by atoms with Gasteiger partial charge in [-0.1, -0.05) is 0 Å². The van der Waals surface area contributed by atoms with Gasteiger partial charge in [0.05, 0.1) is 18.0 Å². The van der Waals surface area contributed by atoms with Crippen LogP contribution in [0.15, 0.2) is 12.1 Å². The first kappa shape index (κ1) is 19.8. The van der Waals surface area contributed by atoms with Crippen LogP contribution in [0.2, 0.25) is 0 Å². The number of hydrogen-bond donors (Lipinski definition) is 0. The second-order valence-electron chi connectivity index (χ2n) is 7.28. The predicted octanol–water partition coefficient (Wildman–Crippen LogP) is 2.95. The average Bonchev–Trinajstić information content (AvgIpc) is 2.50. The maximum atomic E-state index is 12.6. The summed E-state index contributed by atoms with van der Waals surface area (Å²) in [6, 6.07) is 3.64. The molecule has 26 heavy (non-hydrogen) atoms. The molecule has 0 aromatic heterocycles. The van der Waals surface area contributed by atoms with E-state index in [-0.39, 0.29) is 25.6 Å². The molecule has 1 aliphatic heterocycles. The first-order valence-corrected chi connectivity index (χ1v) is 8.61. The highest BCUT2D eigenvalue weighted by Crippen LogP contribution is 2.36. The molecule has 0 N–H and O–H groups in total. The average molecular weight is 362 g/mol. The van der Waals surface area contributed by atoms with E-state index in [1.54, 1.807) is 33.8 Å². The normalized spacial score (nSPS) is 14.2. The van der Waals surface area contributed by atoms with Crippen molar-refractivity contribution in [3.8, 4) is 0 Å². The minimum atomic E-state index is -0.678. The van der Waals surface area contributed by atoms with Gasteiger partial charge in [-0.05, 0) is 64.8 Å². The van der Waals surface area contributed by atoms with E-state index < -0.39 is 17.7 Å². The lowest BCUT2D eigenvalue weighted by molar-refractivity contribution is -0.142.